The van der Waals surface area contributed by atoms with Gasteiger partial charge in [0.05, 0.1) is 13.7 Å². The SMILES string of the molecule is COC(=O)[C@@H]1O[C@H]2CN(Cc3ccccc3)C(=S)[C@@H]1O2. The molecule has 3 atom stereocenters. The maximum Gasteiger partial charge on any atom is 0.338 e. The van der Waals surface area contributed by atoms with Crippen molar-refractivity contribution in [3.63, 3.8) is 0 Å². The van der Waals surface area contributed by atoms with E-state index in [0.29, 0.717) is 18.1 Å². The summed E-state index contributed by atoms with van der Waals surface area (Å²) < 4.78 is 15.9. The zero-order chi connectivity index (χ0) is 14.1. The Morgan fingerprint density at radius 2 is 2.15 bits per heavy atom. The first-order valence-electron chi connectivity index (χ1n) is 6.40. The Morgan fingerprint density at radius 3 is 2.85 bits per heavy atom. The highest BCUT2D eigenvalue weighted by molar-refractivity contribution is 7.80. The van der Waals surface area contributed by atoms with Gasteiger partial charge in [0.2, 0.25) is 0 Å². The summed E-state index contributed by atoms with van der Waals surface area (Å²) in [6, 6.07) is 10.0. The van der Waals surface area contributed by atoms with E-state index in [0.717, 1.165) is 5.56 Å². The van der Waals surface area contributed by atoms with Gasteiger partial charge in [0.15, 0.2) is 12.4 Å². The Bertz CT molecular complexity index is 521. The lowest BCUT2D eigenvalue weighted by molar-refractivity contribution is -0.154. The maximum atomic E-state index is 11.7. The third kappa shape index (κ3) is 2.42. The number of hydrogen-bond donors (Lipinski definition) is 0. The van der Waals surface area contributed by atoms with E-state index in [2.05, 4.69) is 0 Å². The van der Waals surface area contributed by atoms with E-state index in [1.54, 1.807) is 0 Å². The molecule has 0 N–H and O–H groups in total. The van der Waals surface area contributed by atoms with Crippen molar-refractivity contribution in [3.05, 3.63) is 35.9 Å². The number of benzene rings is 1. The summed E-state index contributed by atoms with van der Waals surface area (Å²) in [5.41, 5.74) is 1.16. The van der Waals surface area contributed by atoms with E-state index in [1.807, 2.05) is 35.2 Å². The van der Waals surface area contributed by atoms with Crippen molar-refractivity contribution in [3.8, 4) is 0 Å². The Kier molecular flexibility index (Phi) is 3.69. The number of morpholine rings is 1. The quantitative estimate of drug-likeness (QED) is 0.615. The molecule has 0 radical (unpaired) electrons. The van der Waals surface area contributed by atoms with Crippen molar-refractivity contribution in [2.24, 2.45) is 0 Å². The van der Waals surface area contributed by atoms with Crippen LogP contribution in [0.5, 0.6) is 0 Å². The molecule has 3 rings (SSSR count). The van der Waals surface area contributed by atoms with E-state index >= 15 is 0 Å². The predicted octanol–water partition coefficient (Wildman–Crippen LogP) is 1.11. The highest BCUT2D eigenvalue weighted by Crippen LogP contribution is 2.29. The average molecular weight is 293 g/mol. The van der Waals surface area contributed by atoms with Gasteiger partial charge in [-0.15, -0.1) is 0 Å². The summed E-state index contributed by atoms with van der Waals surface area (Å²) in [7, 11) is 1.33. The standard InChI is InChI=1S/C14H15NO4S/c1-17-14(16)12-11-13(20)15(8-10(18-11)19-12)7-9-5-3-2-4-6-9/h2-6,10-12H,7-8H2,1H3/t10-,11+,12+/m0/s1. The fraction of sp³-hybridized carbons (Fsp3) is 0.429. The van der Waals surface area contributed by atoms with Crippen LogP contribution in [0.15, 0.2) is 30.3 Å². The molecule has 0 aliphatic carbocycles. The smallest absolute Gasteiger partial charge is 0.338 e. The van der Waals surface area contributed by atoms with E-state index in [4.69, 9.17) is 26.4 Å². The lowest BCUT2D eigenvalue weighted by atomic mass is 10.1. The summed E-state index contributed by atoms with van der Waals surface area (Å²) in [6.07, 6.45) is -1.71. The summed E-state index contributed by atoms with van der Waals surface area (Å²) in [6.45, 7) is 1.21. The van der Waals surface area contributed by atoms with E-state index in [9.17, 15) is 4.79 Å². The van der Waals surface area contributed by atoms with Gasteiger partial charge in [-0.3, -0.25) is 0 Å². The molecule has 0 saturated carbocycles. The van der Waals surface area contributed by atoms with Gasteiger partial charge in [-0.2, -0.15) is 0 Å². The van der Waals surface area contributed by atoms with E-state index < -0.39 is 24.5 Å². The first-order valence-corrected chi connectivity index (χ1v) is 6.81. The number of fused-ring (bicyclic) bond motifs is 2. The molecular formula is C14H15NO4S. The second-order valence-corrected chi connectivity index (χ2v) is 5.19. The molecule has 20 heavy (non-hydrogen) atoms. The molecule has 1 aromatic carbocycles. The predicted molar refractivity (Wildman–Crippen MR) is 75.0 cm³/mol. The first kappa shape index (κ1) is 13.5. The first-order chi connectivity index (χ1) is 9.69. The number of methoxy groups -OCH3 is 1. The number of carbonyl (C=O) groups excluding carboxylic acids is 1. The molecule has 0 unspecified atom stereocenters. The molecule has 106 valence electrons. The van der Waals surface area contributed by atoms with Gasteiger partial charge >= 0.3 is 5.97 Å². The van der Waals surface area contributed by atoms with E-state index in [1.165, 1.54) is 7.11 Å². The van der Waals surface area contributed by atoms with Crippen LogP contribution in [0.4, 0.5) is 0 Å². The fourth-order valence-electron chi connectivity index (χ4n) is 2.47. The van der Waals surface area contributed by atoms with Crippen LogP contribution in [-0.4, -0.2) is 48.0 Å². The summed E-state index contributed by atoms with van der Waals surface area (Å²) in [4.78, 5) is 14.3. The average Bonchev–Trinajstić information content (AvgIpc) is 2.84. The third-order valence-electron chi connectivity index (χ3n) is 3.45. The molecule has 6 heteroatoms. The zero-order valence-electron chi connectivity index (χ0n) is 11.0. The minimum Gasteiger partial charge on any atom is -0.467 e. The van der Waals surface area contributed by atoms with Gasteiger partial charge in [0, 0.05) is 6.54 Å². The molecule has 0 aromatic heterocycles. The number of thiocarbonyl (C=S) groups is 1. The van der Waals surface area contributed by atoms with Crippen molar-refractivity contribution in [2.45, 2.75) is 25.0 Å². The molecule has 1 aromatic rings. The van der Waals surface area contributed by atoms with Crippen molar-refractivity contribution >= 4 is 23.2 Å². The molecule has 0 spiro atoms. The number of esters is 1. The molecular weight excluding hydrogens is 278 g/mol. The van der Waals surface area contributed by atoms with Gasteiger partial charge in [-0.05, 0) is 5.56 Å². The van der Waals surface area contributed by atoms with Crippen molar-refractivity contribution in [1.29, 1.82) is 0 Å². The van der Waals surface area contributed by atoms with Gasteiger partial charge in [-0.1, -0.05) is 42.5 Å². The molecule has 5 nitrogen and oxygen atoms in total. The molecule has 2 heterocycles. The minimum absolute atomic E-state index is 0.431. The largest absolute Gasteiger partial charge is 0.467 e. The second kappa shape index (κ2) is 5.47. The molecule has 2 bridgehead atoms. The number of carbonyl (C=O) groups is 1. The van der Waals surface area contributed by atoms with Crippen LogP contribution in [0, 0.1) is 0 Å². The second-order valence-electron chi connectivity index (χ2n) is 4.77. The van der Waals surface area contributed by atoms with Crippen LogP contribution in [-0.2, 0) is 25.5 Å². The van der Waals surface area contributed by atoms with Gasteiger partial charge in [-0.25, -0.2) is 4.79 Å². The summed E-state index contributed by atoms with van der Waals surface area (Å²) in [5, 5.41) is 0. The highest BCUT2D eigenvalue weighted by Gasteiger charge is 2.49. The minimum atomic E-state index is -0.752. The molecule has 2 saturated heterocycles. The van der Waals surface area contributed by atoms with Crippen molar-refractivity contribution in [1.82, 2.24) is 4.90 Å². The van der Waals surface area contributed by atoms with Gasteiger partial charge in [0.1, 0.15) is 11.1 Å². The Morgan fingerprint density at radius 1 is 1.40 bits per heavy atom. The molecule has 0 amide bonds. The molecule has 2 aliphatic heterocycles. The topological polar surface area (TPSA) is 48.0 Å². The van der Waals surface area contributed by atoms with Gasteiger partial charge < -0.3 is 19.1 Å². The van der Waals surface area contributed by atoms with Crippen LogP contribution in [0.3, 0.4) is 0 Å². The lowest BCUT2D eigenvalue weighted by Gasteiger charge is -2.33. The number of nitrogens with zero attached hydrogens (tertiary/aromatic N) is 1. The van der Waals surface area contributed by atoms with Crippen molar-refractivity contribution < 1.29 is 19.0 Å². The zero-order valence-corrected chi connectivity index (χ0v) is 11.8. The molecule has 2 fully saturated rings. The molecule has 2 aliphatic rings. The fourth-order valence-corrected chi connectivity index (χ4v) is 2.79. The Balaban J connectivity index is 1.74. The van der Waals surface area contributed by atoms with Crippen LogP contribution >= 0.6 is 12.2 Å². The summed E-state index contributed by atoms with van der Waals surface area (Å²) in [5.74, 6) is -0.443. The monoisotopic (exact) mass is 293 g/mol. The Labute approximate surface area is 122 Å². The van der Waals surface area contributed by atoms with Gasteiger partial charge in [0.25, 0.3) is 0 Å². The third-order valence-corrected chi connectivity index (χ3v) is 3.94. The van der Waals surface area contributed by atoms with Crippen molar-refractivity contribution in [2.75, 3.05) is 13.7 Å². The normalized spacial score (nSPS) is 28.6. The van der Waals surface area contributed by atoms with Crippen LogP contribution in [0.1, 0.15) is 5.56 Å². The van der Waals surface area contributed by atoms with Crippen LogP contribution in [0.25, 0.3) is 0 Å². The van der Waals surface area contributed by atoms with E-state index in [-0.39, 0.29) is 0 Å². The Hall–Kier alpha value is -1.50. The summed E-state index contributed by atoms with van der Waals surface area (Å²) >= 11 is 5.43. The maximum absolute atomic E-state index is 11.7. The van der Waals surface area contributed by atoms with Crippen LogP contribution < -0.4 is 0 Å². The highest BCUT2D eigenvalue weighted by atomic mass is 32.1. The van der Waals surface area contributed by atoms with Crippen LogP contribution in [0.2, 0.25) is 0 Å². The lowest BCUT2D eigenvalue weighted by Crippen LogP contribution is -2.48. The number of ether oxygens (including phenoxy) is 3. The number of rotatable bonds is 3. The number of hydrogen-bond acceptors (Lipinski definition) is 5.